The fourth-order valence-electron chi connectivity index (χ4n) is 2.54. The molecule has 1 aliphatic heterocycles. The molecular weight excluding hydrogens is 252 g/mol. The smallest absolute Gasteiger partial charge is 0.233 e. The molecule has 1 saturated heterocycles. The average Bonchev–Trinajstić information content (AvgIpc) is 2.43. The lowest BCUT2D eigenvalue weighted by Gasteiger charge is -2.26. The number of nitrogens with one attached hydrogen (secondary N) is 1. The second kappa shape index (κ2) is 6.55. The summed E-state index contributed by atoms with van der Waals surface area (Å²) >= 11 is 0. The largest absolute Gasteiger partial charge is 0.342 e. The van der Waals surface area contributed by atoms with Gasteiger partial charge in [-0.2, -0.15) is 0 Å². The molecule has 2 amide bonds. The van der Waals surface area contributed by atoms with E-state index in [4.69, 9.17) is 0 Å². The van der Waals surface area contributed by atoms with E-state index >= 15 is 0 Å². The van der Waals surface area contributed by atoms with Crippen molar-refractivity contribution in [3.05, 3.63) is 29.3 Å². The highest BCUT2D eigenvalue weighted by molar-refractivity contribution is 6.03. The zero-order chi connectivity index (χ0) is 14.5. The van der Waals surface area contributed by atoms with Gasteiger partial charge in [-0.3, -0.25) is 9.59 Å². The maximum absolute atomic E-state index is 12.0. The highest BCUT2D eigenvalue weighted by Gasteiger charge is 2.19. The number of rotatable bonds is 3. The lowest BCUT2D eigenvalue weighted by molar-refractivity contribution is -0.135. The minimum absolute atomic E-state index is 0.0622. The van der Waals surface area contributed by atoms with Crippen LogP contribution in [0.15, 0.2) is 18.2 Å². The molecule has 1 fully saturated rings. The molecule has 108 valence electrons. The van der Waals surface area contributed by atoms with Crippen molar-refractivity contribution in [2.75, 3.05) is 18.4 Å². The zero-order valence-electron chi connectivity index (χ0n) is 12.2. The molecule has 1 aromatic rings. The number of carbonyl (C=O) groups excluding carboxylic acids is 2. The van der Waals surface area contributed by atoms with E-state index in [1.807, 2.05) is 32.0 Å². The molecule has 4 nitrogen and oxygen atoms in total. The highest BCUT2D eigenvalue weighted by Crippen LogP contribution is 2.16. The summed E-state index contributed by atoms with van der Waals surface area (Å²) in [5.74, 6) is -0.292. The van der Waals surface area contributed by atoms with Crippen molar-refractivity contribution >= 4 is 17.5 Å². The van der Waals surface area contributed by atoms with Crippen LogP contribution in [-0.2, 0) is 9.59 Å². The van der Waals surface area contributed by atoms with Gasteiger partial charge < -0.3 is 10.2 Å². The summed E-state index contributed by atoms with van der Waals surface area (Å²) in [6.45, 7) is 5.54. The molecule has 20 heavy (non-hydrogen) atoms. The predicted octanol–water partition coefficient (Wildman–Crippen LogP) is 2.64. The lowest BCUT2D eigenvalue weighted by atomic mass is 10.1. The molecule has 1 heterocycles. The number of piperidine rings is 1. The van der Waals surface area contributed by atoms with Crippen molar-refractivity contribution in [3.63, 3.8) is 0 Å². The molecule has 0 atom stereocenters. The summed E-state index contributed by atoms with van der Waals surface area (Å²) in [7, 11) is 0. The van der Waals surface area contributed by atoms with Gasteiger partial charge in [0.05, 0.1) is 0 Å². The van der Waals surface area contributed by atoms with Crippen molar-refractivity contribution in [3.8, 4) is 0 Å². The van der Waals surface area contributed by atoms with Gasteiger partial charge in [0.2, 0.25) is 11.8 Å². The Bertz CT molecular complexity index is 505. The van der Waals surface area contributed by atoms with Gasteiger partial charge in [-0.1, -0.05) is 17.7 Å². The maximum Gasteiger partial charge on any atom is 0.233 e. The molecule has 1 aliphatic rings. The molecule has 0 bridgehead atoms. The van der Waals surface area contributed by atoms with Gasteiger partial charge in [-0.05, 0) is 44.7 Å². The van der Waals surface area contributed by atoms with Crippen LogP contribution in [0, 0.1) is 13.8 Å². The monoisotopic (exact) mass is 274 g/mol. The minimum Gasteiger partial charge on any atom is -0.342 e. The Hall–Kier alpha value is -1.84. The molecule has 1 aromatic carbocycles. The van der Waals surface area contributed by atoms with E-state index in [2.05, 4.69) is 5.32 Å². The number of benzene rings is 1. The van der Waals surface area contributed by atoms with E-state index in [-0.39, 0.29) is 18.2 Å². The number of carbonyl (C=O) groups is 2. The van der Waals surface area contributed by atoms with Crippen LogP contribution in [0.4, 0.5) is 5.69 Å². The third kappa shape index (κ3) is 3.83. The van der Waals surface area contributed by atoms with Crippen molar-refractivity contribution in [1.82, 2.24) is 4.90 Å². The topological polar surface area (TPSA) is 49.4 Å². The van der Waals surface area contributed by atoms with Crippen molar-refractivity contribution < 1.29 is 9.59 Å². The number of anilines is 1. The normalized spacial score (nSPS) is 15.0. The Morgan fingerprint density at radius 3 is 2.50 bits per heavy atom. The van der Waals surface area contributed by atoms with Crippen LogP contribution in [0.25, 0.3) is 0 Å². The highest BCUT2D eigenvalue weighted by atomic mass is 16.2. The van der Waals surface area contributed by atoms with Crippen molar-refractivity contribution in [1.29, 1.82) is 0 Å². The van der Waals surface area contributed by atoms with Gasteiger partial charge in [0.25, 0.3) is 0 Å². The summed E-state index contributed by atoms with van der Waals surface area (Å²) in [5.41, 5.74) is 2.96. The maximum atomic E-state index is 12.0. The summed E-state index contributed by atoms with van der Waals surface area (Å²) in [4.78, 5) is 25.7. The summed E-state index contributed by atoms with van der Waals surface area (Å²) < 4.78 is 0. The Balaban J connectivity index is 1.90. The summed E-state index contributed by atoms with van der Waals surface area (Å²) in [5, 5.41) is 2.82. The molecule has 0 saturated carbocycles. The van der Waals surface area contributed by atoms with Crippen LogP contribution in [0.1, 0.15) is 36.8 Å². The van der Waals surface area contributed by atoms with Crippen LogP contribution in [0.5, 0.6) is 0 Å². The number of hydrogen-bond donors (Lipinski definition) is 1. The average molecular weight is 274 g/mol. The molecule has 0 aliphatic carbocycles. The van der Waals surface area contributed by atoms with E-state index in [1.54, 1.807) is 4.90 Å². The van der Waals surface area contributed by atoms with Crippen LogP contribution in [-0.4, -0.2) is 29.8 Å². The first-order chi connectivity index (χ1) is 9.56. The fourth-order valence-corrected chi connectivity index (χ4v) is 2.54. The second-order valence-electron chi connectivity index (χ2n) is 5.48. The molecule has 4 heteroatoms. The Kier molecular flexibility index (Phi) is 4.77. The van der Waals surface area contributed by atoms with Gasteiger partial charge in [0.15, 0.2) is 0 Å². The standard InChI is InChI=1S/C16H22N2O2/c1-12-6-7-14(13(2)10-12)17-15(19)11-16(20)18-8-4-3-5-9-18/h6-7,10H,3-5,8-9,11H2,1-2H3,(H,17,19). The van der Waals surface area contributed by atoms with Crippen molar-refractivity contribution in [2.24, 2.45) is 0 Å². The SMILES string of the molecule is Cc1ccc(NC(=O)CC(=O)N2CCCCC2)c(C)c1. The molecule has 2 rings (SSSR count). The summed E-state index contributed by atoms with van der Waals surface area (Å²) in [6, 6.07) is 5.85. The summed E-state index contributed by atoms with van der Waals surface area (Å²) in [6.07, 6.45) is 3.21. The third-order valence-electron chi connectivity index (χ3n) is 3.68. The molecule has 0 spiro atoms. The van der Waals surface area contributed by atoms with E-state index in [0.717, 1.165) is 42.7 Å². The molecule has 1 N–H and O–H groups in total. The van der Waals surface area contributed by atoms with Crippen LogP contribution >= 0.6 is 0 Å². The number of amides is 2. The van der Waals surface area contributed by atoms with Gasteiger partial charge in [-0.25, -0.2) is 0 Å². The number of aryl methyl sites for hydroxylation is 2. The van der Waals surface area contributed by atoms with Crippen LogP contribution in [0.3, 0.4) is 0 Å². The Morgan fingerprint density at radius 2 is 1.85 bits per heavy atom. The predicted molar refractivity (Wildman–Crippen MR) is 79.6 cm³/mol. The van der Waals surface area contributed by atoms with Gasteiger partial charge in [-0.15, -0.1) is 0 Å². The van der Waals surface area contributed by atoms with E-state index in [1.165, 1.54) is 6.42 Å². The van der Waals surface area contributed by atoms with Gasteiger partial charge in [0.1, 0.15) is 6.42 Å². The van der Waals surface area contributed by atoms with E-state index in [0.29, 0.717) is 0 Å². The van der Waals surface area contributed by atoms with E-state index < -0.39 is 0 Å². The van der Waals surface area contributed by atoms with Gasteiger partial charge in [0, 0.05) is 18.8 Å². The van der Waals surface area contributed by atoms with Crippen molar-refractivity contribution in [2.45, 2.75) is 39.5 Å². The minimum atomic E-state index is -0.229. The Labute approximate surface area is 120 Å². The Morgan fingerprint density at radius 1 is 1.15 bits per heavy atom. The third-order valence-corrected chi connectivity index (χ3v) is 3.68. The van der Waals surface area contributed by atoms with Crippen LogP contribution < -0.4 is 5.32 Å². The first-order valence-corrected chi connectivity index (χ1v) is 7.21. The van der Waals surface area contributed by atoms with E-state index in [9.17, 15) is 9.59 Å². The second-order valence-corrected chi connectivity index (χ2v) is 5.48. The number of hydrogen-bond acceptors (Lipinski definition) is 2. The molecular formula is C16H22N2O2. The number of likely N-dealkylation sites (tertiary alicyclic amines) is 1. The molecule has 0 radical (unpaired) electrons. The number of nitrogens with zero attached hydrogens (tertiary/aromatic N) is 1. The molecule has 0 aromatic heterocycles. The van der Waals surface area contributed by atoms with Gasteiger partial charge >= 0.3 is 0 Å². The molecule has 0 unspecified atom stereocenters. The van der Waals surface area contributed by atoms with Crippen LogP contribution in [0.2, 0.25) is 0 Å². The first-order valence-electron chi connectivity index (χ1n) is 7.21. The zero-order valence-corrected chi connectivity index (χ0v) is 12.2. The quantitative estimate of drug-likeness (QED) is 0.861. The fraction of sp³-hybridized carbons (Fsp3) is 0.500. The lowest BCUT2D eigenvalue weighted by Crippen LogP contribution is -2.37. The first kappa shape index (κ1) is 14.6.